The summed E-state index contributed by atoms with van der Waals surface area (Å²) >= 11 is 1.48. The molecule has 1 aromatic carbocycles. The van der Waals surface area contributed by atoms with Gasteiger partial charge in [0.25, 0.3) is 5.91 Å². The summed E-state index contributed by atoms with van der Waals surface area (Å²) in [5.74, 6) is 0.00272. The van der Waals surface area contributed by atoms with E-state index in [0.29, 0.717) is 18.8 Å². The number of carbonyl (C=O) groups excluding carboxylic acids is 1. The van der Waals surface area contributed by atoms with E-state index in [1.807, 2.05) is 64.7 Å². The number of thiazole rings is 1. The van der Waals surface area contributed by atoms with Crippen molar-refractivity contribution in [2.45, 2.75) is 6.54 Å². The molecule has 5 rings (SSSR count). The van der Waals surface area contributed by atoms with Crippen molar-refractivity contribution in [3.63, 3.8) is 0 Å². The van der Waals surface area contributed by atoms with Gasteiger partial charge < -0.3 is 4.90 Å². The van der Waals surface area contributed by atoms with Crippen molar-refractivity contribution < 1.29 is 4.79 Å². The molecular weight excluding hydrogens is 410 g/mol. The van der Waals surface area contributed by atoms with Gasteiger partial charge in [-0.25, -0.2) is 9.67 Å². The van der Waals surface area contributed by atoms with Crippen LogP contribution in [0.5, 0.6) is 0 Å². The lowest BCUT2D eigenvalue weighted by atomic mass is 10.2. The Kier molecular flexibility index (Phi) is 5.35. The number of amides is 1. The minimum atomic E-state index is 0.00272. The van der Waals surface area contributed by atoms with E-state index in [1.54, 1.807) is 10.9 Å². The first-order chi connectivity index (χ1) is 15.2. The van der Waals surface area contributed by atoms with E-state index < -0.39 is 0 Å². The number of hydrogen-bond donors (Lipinski definition) is 0. The molecule has 1 amide bonds. The van der Waals surface area contributed by atoms with Gasteiger partial charge in [0, 0.05) is 68.7 Å². The van der Waals surface area contributed by atoms with Crippen molar-refractivity contribution in [1.29, 1.82) is 0 Å². The second-order valence-corrected chi connectivity index (χ2v) is 8.50. The maximum atomic E-state index is 12.9. The molecule has 0 N–H and O–H groups in total. The Morgan fingerprint density at radius 3 is 2.58 bits per heavy atom. The lowest BCUT2D eigenvalue weighted by Crippen LogP contribution is -2.48. The third-order valence-electron chi connectivity index (χ3n) is 5.40. The Labute approximate surface area is 184 Å². The Hall–Kier alpha value is -3.30. The zero-order chi connectivity index (χ0) is 21.2. The number of hydrogen-bond acceptors (Lipinski definition) is 6. The first-order valence-electron chi connectivity index (χ1n) is 10.2. The molecule has 158 valence electrons. The third-order valence-corrected chi connectivity index (χ3v) is 6.29. The van der Waals surface area contributed by atoms with Crippen LogP contribution in [0.1, 0.15) is 16.1 Å². The molecule has 0 bridgehead atoms. The highest BCUT2D eigenvalue weighted by atomic mass is 32.1. The van der Waals surface area contributed by atoms with Crippen molar-refractivity contribution in [3.8, 4) is 16.3 Å². The molecule has 0 atom stereocenters. The van der Waals surface area contributed by atoms with Gasteiger partial charge in [-0.15, -0.1) is 11.3 Å². The number of carbonyl (C=O) groups is 1. The Morgan fingerprint density at radius 2 is 1.84 bits per heavy atom. The maximum Gasteiger partial charge on any atom is 0.273 e. The number of para-hydroxylation sites is 1. The summed E-state index contributed by atoms with van der Waals surface area (Å²) in [6, 6.07) is 10.1. The Bertz CT molecular complexity index is 1170. The van der Waals surface area contributed by atoms with Gasteiger partial charge in [0.15, 0.2) is 0 Å². The first kappa shape index (κ1) is 19.7. The fraction of sp³-hybridized carbons (Fsp3) is 0.273. The average molecular weight is 434 g/mol. The molecule has 31 heavy (non-hydrogen) atoms. The zero-order valence-electron chi connectivity index (χ0n) is 17.3. The number of nitrogens with zero attached hydrogens (tertiary/aromatic N) is 7. The molecule has 0 saturated carbocycles. The van der Waals surface area contributed by atoms with Crippen LogP contribution < -0.4 is 0 Å². The molecule has 3 aromatic heterocycles. The molecule has 0 unspecified atom stereocenters. The normalized spacial score (nSPS) is 14.8. The van der Waals surface area contributed by atoms with Gasteiger partial charge in [-0.05, 0) is 12.1 Å². The molecule has 1 aliphatic heterocycles. The van der Waals surface area contributed by atoms with E-state index >= 15 is 0 Å². The van der Waals surface area contributed by atoms with Crippen molar-refractivity contribution in [2.24, 2.45) is 7.05 Å². The molecule has 9 heteroatoms. The van der Waals surface area contributed by atoms with Crippen LogP contribution in [-0.2, 0) is 13.6 Å². The second kappa shape index (κ2) is 8.44. The van der Waals surface area contributed by atoms with Crippen LogP contribution in [0.25, 0.3) is 16.3 Å². The standard InChI is InChI=1S/C22H23N7OS/c1-26-15-18(12-23-26)21-25-20(16-31-21)22(30)28-9-7-27(8-10-28)13-17-11-24-29(14-17)19-5-3-2-4-6-19/h2-6,11-12,14-16H,7-10,13H2,1H3. The largest absolute Gasteiger partial charge is 0.335 e. The van der Waals surface area contributed by atoms with E-state index in [1.165, 1.54) is 16.9 Å². The quantitative estimate of drug-likeness (QED) is 0.484. The van der Waals surface area contributed by atoms with Gasteiger partial charge >= 0.3 is 0 Å². The number of aryl methyl sites for hydroxylation is 1. The molecule has 1 saturated heterocycles. The molecule has 1 aliphatic rings. The molecule has 8 nitrogen and oxygen atoms in total. The summed E-state index contributed by atoms with van der Waals surface area (Å²) < 4.78 is 3.64. The van der Waals surface area contributed by atoms with Gasteiger partial charge in [0.2, 0.25) is 0 Å². The summed E-state index contributed by atoms with van der Waals surface area (Å²) in [5, 5.41) is 11.3. The van der Waals surface area contributed by atoms with E-state index in [4.69, 9.17) is 0 Å². The van der Waals surface area contributed by atoms with Gasteiger partial charge in [0.1, 0.15) is 10.7 Å². The van der Waals surface area contributed by atoms with Crippen molar-refractivity contribution in [2.75, 3.05) is 26.2 Å². The SMILES string of the molecule is Cn1cc(-c2nc(C(=O)N3CCN(Cc4cnn(-c5ccccc5)c4)CC3)cs2)cn1. The van der Waals surface area contributed by atoms with Crippen molar-refractivity contribution >= 4 is 17.2 Å². The molecular formula is C22H23N7OS. The van der Waals surface area contributed by atoms with Crippen LogP contribution in [0.2, 0.25) is 0 Å². The lowest BCUT2D eigenvalue weighted by Gasteiger charge is -2.34. The van der Waals surface area contributed by atoms with Crippen LogP contribution in [0.4, 0.5) is 0 Å². The molecule has 0 spiro atoms. The number of piperazine rings is 1. The van der Waals surface area contributed by atoms with E-state index in [-0.39, 0.29) is 5.91 Å². The predicted octanol–water partition coefficient (Wildman–Crippen LogP) is 2.69. The highest BCUT2D eigenvalue weighted by Crippen LogP contribution is 2.24. The van der Waals surface area contributed by atoms with Gasteiger partial charge in [0.05, 0.1) is 18.1 Å². The van der Waals surface area contributed by atoms with E-state index in [2.05, 4.69) is 26.3 Å². The third kappa shape index (κ3) is 4.28. The van der Waals surface area contributed by atoms with Crippen LogP contribution in [0, 0.1) is 0 Å². The highest BCUT2D eigenvalue weighted by molar-refractivity contribution is 7.13. The van der Waals surface area contributed by atoms with Crippen molar-refractivity contribution in [1.82, 2.24) is 34.3 Å². The number of benzene rings is 1. The lowest BCUT2D eigenvalue weighted by molar-refractivity contribution is 0.0623. The van der Waals surface area contributed by atoms with Gasteiger partial charge in [-0.2, -0.15) is 10.2 Å². The van der Waals surface area contributed by atoms with Crippen LogP contribution in [-0.4, -0.2) is 66.4 Å². The molecule has 1 fully saturated rings. The van der Waals surface area contributed by atoms with Gasteiger partial charge in [-0.1, -0.05) is 18.2 Å². The van der Waals surface area contributed by atoms with Crippen LogP contribution in [0.15, 0.2) is 60.5 Å². The zero-order valence-corrected chi connectivity index (χ0v) is 18.1. The second-order valence-electron chi connectivity index (χ2n) is 7.64. The molecule has 4 heterocycles. The van der Waals surface area contributed by atoms with E-state index in [9.17, 15) is 4.79 Å². The fourth-order valence-electron chi connectivity index (χ4n) is 3.73. The molecule has 4 aromatic rings. The monoisotopic (exact) mass is 433 g/mol. The molecule has 0 radical (unpaired) electrons. The topological polar surface area (TPSA) is 72.1 Å². The fourth-order valence-corrected chi connectivity index (χ4v) is 4.50. The smallest absolute Gasteiger partial charge is 0.273 e. The minimum absolute atomic E-state index is 0.00272. The predicted molar refractivity (Wildman–Crippen MR) is 119 cm³/mol. The van der Waals surface area contributed by atoms with Crippen LogP contribution in [0.3, 0.4) is 0 Å². The number of rotatable bonds is 5. The Balaban J connectivity index is 1.17. The van der Waals surface area contributed by atoms with Crippen LogP contribution >= 0.6 is 11.3 Å². The summed E-state index contributed by atoms with van der Waals surface area (Å²) in [6.07, 6.45) is 7.67. The Morgan fingerprint density at radius 1 is 1.03 bits per heavy atom. The molecule has 0 aliphatic carbocycles. The summed E-state index contributed by atoms with van der Waals surface area (Å²) in [4.78, 5) is 21.7. The first-order valence-corrected chi connectivity index (χ1v) is 11.1. The van der Waals surface area contributed by atoms with E-state index in [0.717, 1.165) is 35.9 Å². The summed E-state index contributed by atoms with van der Waals surface area (Å²) in [5.41, 5.74) is 3.68. The number of aromatic nitrogens is 5. The van der Waals surface area contributed by atoms with Crippen molar-refractivity contribution in [3.05, 3.63) is 71.8 Å². The minimum Gasteiger partial charge on any atom is -0.335 e. The summed E-state index contributed by atoms with van der Waals surface area (Å²) in [6.45, 7) is 3.90. The maximum absolute atomic E-state index is 12.9. The highest BCUT2D eigenvalue weighted by Gasteiger charge is 2.24. The summed E-state index contributed by atoms with van der Waals surface area (Å²) in [7, 11) is 1.87. The van der Waals surface area contributed by atoms with Gasteiger partial charge in [-0.3, -0.25) is 14.4 Å². The average Bonchev–Trinajstić information content (AvgIpc) is 3.55.